The first kappa shape index (κ1) is 18.2. The van der Waals surface area contributed by atoms with Gasteiger partial charge < -0.3 is 13.8 Å². The molecule has 0 unspecified atom stereocenters. The van der Waals surface area contributed by atoms with Crippen molar-refractivity contribution in [2.45, 2.75) is 32.7 Å². The van der Waals surface area contributed by atoms with Gasteiger partial charge in [0.2, 0.25) is 0 Å². The molecule has 26 heavy (non-hydrogen) atoms. The molecule has 0 fully saturated rings. The summed E-state index contributed by atoms with van der Waals surface area (Å²) in [6, 6.07) is 9.43. The van der Waals surface area contributed by atoms with Crippen molar-refractivity contribution in [3.8, 4) is 17.0 Å². The van der Waals surface area contributed by atoms with Crippen LogP contribution in [0.3, 0.4) is 0 Å². The molecule has 0 atom stereocenters. The first-order valence-electron chi connectivity index (χ1n) is 8.47. The molecule has 0 aliphatic carbocycles. The van der Waals surface area contributed by atoms with Gasteiger partial charge in [-0.1, -0.05) is 42.2 Å². The minimum absolute atomic E-state index is 0.218. The van der Waals surface area contributed by atoms with Gasteiger partial charge >= 0.3 is 0 Å². The molecular weight excluding hydrogens is 354 g/mol. The lowest BCUT2D eigenvalue weighted by Gasteiger charge is -2.06. The molecule has 2 heterocycles. The van der Waals surface area contributed by atoms with Crippen LogP contribution in [0.2, 0.25) is 5.15 Å². The largest absolute Gasteiger partial charge is 0.496 e. The van der Waals surface area contributed by atoms with E-state index in [1.165, 1.54) is 0 Å². The van der Waals surface area contributed by atoms with E-state index in [-0.39, 0.29) is 5.15 Å². The smallest absolute Gasteiger partial charge is 0.169 e. The van der Waals surface area contributed by atoms with Gasteiger partial charge in [0.15, 0.2) is 17.2 Å². The lowest BCUT2D eigenvalue weighted by Crippen LogP contribution is -2.08. The number of carbonyl (C=O) groups is 1. The van der Waals surface area contributed by atoms with E-state index in [1.807, 2.05) is 30.3 Å². The Hall–Kier alpha value is -2.60. The van der Waals surface area contributed by atoms with Gasteiger partial charge in [-0.25, -0.2) is 4.98 Å². The van der Waals surface area contributed by atoms with Gasteiger partial charge in [0.1, 0.15) is 23.0 Å². The number of aldehydes is 1. The van der Waals surface area contributed by atoms with Crippen LogP contribution in [0.15, 0.2) is 34.9 Å². The number of aryl methyl sites for hydroxylation is 1. The van der Waals surface area contributed by atoms with Gasteiger partial charge in [-0.05, 0) is 18.6 Å². The number of imidazole rings is 1. The molecule has 3 aromatic rings. The molecule has 7 heteroatoms. The quantitative estimate of drug-likeness (QED) is 0.547. The first-order chi connectivity index (χ1) is 12.7. The summed E-state index contributed by atoms with van der Waals surface area (Å²) in [6.45, 7) is 2.44. The normalized spacial score (nSPS) is 10.9. The van der Waals surface area contributed by atoms with E-state index in [4.69, 9.17) is 20.9 Å². The first-order valence-corrected chi connectivity index (χ1v) is 8.84. The minimum atomic E-state index is 0.218. The molecule has 136 valence electrons. The van der Waals surface area contributed by atoms with Gasteiger partial charge in [-0.3, -0.25) is 4.79 Å². The number of aromatic nitrogens is 3. The highest BCUT2D eigenvalue weighted by Gasteiger charge is 2.18. The van der Waals surface area contributed by atoms with Crippen LogP contribution >= 0.6 is 11.6 Å². The standard InChI is InChI=1S/C19H20ClN3O3/c1-3-4-9-18-21-19(20)16(12-24)23(18)11-13-10-15(22-26-13)14-7-5-6-8-17(14)25-2/h5-8,10,12H,3-4,9,11H2,1-2H3. The van der Waals surface area contributed by atoms with Crippen LogP contribution in [-0.2, 0) is 13.0 Å². The Morgan fingerprint density at radius 2 is 2.15 bits per heavy atom. The predicted molar refractivity (Wildman–Crippen MR) is 98.8 cm³/mol. The Morgan fingerprint density at radius 3 is 2.88 bits per heavy atom. The van der Waals surface area contributed by atoms with Crippen molar-refractivity contribution in [3.05, 3.63) is 52.8 Å². The van der Waals surface area contributed by atoms with Gasteiger partial charge in [0.05, 0.1) is 13.7 Å². The summed E-state index contributed by atoms with van der Waals surface area (Å²) in [4.78, 5) is 15.8. The number of ether oxygens (including phenoxy) is 1. The average Bonchev–Trinajstić information content (AvgIpc) is 3.24. The van der Waals surface area contributed by atoms with Crippen LogP contribution in [0.4, 0.5) is 0 Å². The van der Waals surface area contributed by atoms with E-state index in [0.29, 0.717) is 23.7 Å². The van der Waals surface area contributed by atoms with Crippen LogP contribution in [-0.4, -0.2) is 28.1 Å². The summed E-state index contributed by atoms with van der Waals surface area (Å²) in [6.07, 6.45) is 3.47. The van der Waals surface area contributed by atoms with E-state index in [9.17, 15) is 4.79 Å². The molecule has 0 bridgehead atoms. The monoisotopic (exact) mass is 373 g/mol. The Balaban J connectivity index is 1.91. The highest BCUT2D eigenvalue weighted by Crippen LogP contribution is 2.29. The number of hydrogen-bond acceptors (Lipinski definition) is 5. The number of benzene rings is 1. The fraction of sp³-hybridized carbons (Fsp3) is 0.316. The number of carbonyl (C=O) groups excluding carboxylic acids is 1. The number of methoxy groups -OCH3 is 1. The van der Waals surface area contributed by atoms with Crippen molar-refractivity contribution < 1.29 is 14.1 Å². The number of hydrogen-bond donors (Lipinski definition) is 0. The summed E-state index contributed by atoms with van der Waals surface area (Å²) in [7, 11) is 1.61. The Labute approximate surface area is 156 Å². The minimum Gasteiger partial charge on any atom is -0.496 e. The third-order valence-corrected chi connectivity index (χ3v) is 4.44. The molecule has 1 aromatic carbocycles. The maximum atomic E-state index is 11.4. The number of nitrogens with zero attached hydrogens (tertiary/aromatic N) is 3. The van der Waals surface area contributed by atoms with Crippen LogP contribution in [0.25, 0.3) is 11.3 Å². The van der Waals surface area contributed by atoms with E-state index in [2.05, 4.69) is 17.1 Å². The zero-order valence-electron chi connectivity index (χ0n) is 14.7. The molecule has 0 radical (unpaired) electrons. The molecule has 6 nitrogen and oxygen atoms in total. The molecule has 0 N–H and O–H groups in total. The van der Waals surface area contributed by atoms with Crippen LogP contribution in [0.5, 0.6) is 5.75 Å². The van der Waals surface area contributed by atoms with Crippen LogP contribution in [0.1, 0.15) is 41.8 Å². The second-order valence-electron chi connectivity index (χ2n) is 5.89. The van der Waals surface area contributed by atoms with Gasteiger partial charge in [-0.2, -0.15) is 0 Å². The maximum Gasteiger partial charge on any atom is 0.169 e. The van der Waals surface area contributed by atoms with E-state index >= 15 is 0 Å². The highest BCUT2D eigenvalue weighted by molar-refractivity contribution is 6.31. The molecule has 0 saturated carbocycles. The Kier molecular flexibility index (Phi) is 5.73. The topological polar surface area (TPSA) is 70.2 Å². The Morgan fingerprint density at radius 1 is 1.35 bits per heavy atom. The molecule has 0 aliphatic rings. The summed E-state index contributed by atoms with van der Waals surface area (Å²) < 4.78 is 12.6. The molecule has 3 rings (SSSR count). The van der Waals surface area contributed by atoms with Crippen molar-refractivity contribution in [3.63, 3.8) is 0 Å². The van der Waals surface area contributed by atoms with Crippen LogP contribution < -0.4 is 4.74 Å². The van der Waals surface area contributed by atoms with Crippen molar-refractivity contribution in [2.75, 3.05) is 7.11 Å². The summed E-state index contributed by atoms with van der Waals surface area (Å²) >= 11 is 6.11. The molecule has 0 amide bonds. The number of halogens is 1. The fourth-order valence-corrected chi connectivity index (χ4v) is 3.07. The molecule has 0 aliphatic heterocycles. The third kappa shape index (κ3) is 3.65. The number of unbranched alkanes of at least 4 members (excludes halogenated alkanes) is 1. The van der Waals surface area contributed by atoms with Crippen molar-refractivity contribution in [1.82, 2.24) is 14.7 Å². The van der Waals surface area contributed by atoms with Crippen molar-refractivity contribution >= 4 is 17.9 Å². The molecule has 0 saturated heterocycles. The molecule has 0 spiro atoms. The highest BCUT2D eigenvalue weighted by atomic mass is 35.5. The summed E-state index contributed by atoms with van der Waals surface area (Å²) in [5.74, 6) is 2.10. The lowest BCUT2D eigenvalue weighted by molar-refractivity contribution is 0.111. The number of para-hydroxylation sites is 1. The molecular formula is C19H20ClN3O3. The van der Waals surface area contributed by atoms with Gasteiger partial charge in [0, 0.05) is 18.1 Å². The van der Waals surface area contributed by atoms with Gasteiger partial charge in [0.25, 0.3) is 0 Å². The second kappa shape index (κ2) is 8.19. The van der Waals surface area contributed by atoms with E-state index < -0.39 is 0 Å². The maximum absolute atomic E-state index is 11.4. The second-order valence-corrected chi connectivity index (χ2v) is 6.25. The van der Waals surface area contributed by atoms with Crippen molar-refractivity contribution in [2.24, 2.45) is 0 Å². The predicted octanol–water partition coefficient (Wildman–Crippen LogP) is 4.40. The zero-order valence-corrected chi connectivity index (χ0v) is 15.5. The third-order valence-electron chi connectivity index (χ3n) is 4.16. The zero-order chi connectivity index (χ0) is 18.5. The lowest BCUT2D eigenvalue weighted by atomic mass is 10.1. The van der Waals surface area contributed by atoms with Gasteiger partial charge in [-0.15, -0.1) is 0 Å². The number of rotatable bonds is 8. The van der Waals surface area contributed by atoms with E-state index in [0.717, 1.165) is 42.7 Å². The Bertz CT molecular complexity index is 901. The van der Waals surface area contributed by atoms with Crippen molar-refractivity contribution in [1.29, 1.82) is 0 Å². The fourth-order valence-electron chi connectivity index (χ4n) is 2.82. The average molecular weight is 374 g/mol. The summed E-state index contributed by atoms with van der Waals surface area (Å²) in [5, 5.41) is 4.35. The van der Waals surface area contributed by atoms with Crippen LogP contribution in [0, 0.1) is 0 Å². The summed E-state index contributed by atoms with van der Waals surface area (Å²) in [5.41, 5.74) is 1.87. The molecule has 2 aromatic heterocycles. The van der Waals surface area contributed by atoms with E-state index in [1.54, 1.807) is 11.7 Å². The SMILES string of the molecule is CCCCc1nc(Cl)c(C=O)n1Cc1cc(-c2ccccc2OC)no1.